The monoisotopic (exact) mass is 435 g/mol. The van der Waals surface area contributed by atoms with Crippen molar-refractivity contribution in [2.24, 2.45) is 0 Å². The molecule has 1 atom stereocenters. The van der Waals surface area contributed by atoms with Crippen molar-refractivity contribution >= 4 is 17.2 Å². The van der Waals surface area contributed by atoms with Crippen molar-refractivity contribution in [3.63, 3.8) is 0 Å². The molecule has 0 spiro atoms. The normalized spacial score (nSPS) is 12.6. The summed E-state index contributed by atoms with van der Waals surface area (Å²) in [6.45, 7) is 0.458. The third kappa shape index (κ3) is 5.58. The first-order valence-corrected chi connectivity index (χ1v) is 9.91. The first-order chi connectivity index (χ1) is 14.2. The van der Waals surface area contributed by atoms with Crippen molar-refractivity contribution in [1.29, 1.82) is 0 Å². The summed E-state index contributed by atoms with van der Waals surface area (Å²) in [5.41, 5.74) is -0.396. The molecule has 0 saturated heterocycles. The van der Waals surface area contributed by atoms with E-state index in [2.05, 4.69) is 10.3 Å². The van der Waals surface area contributed by atoms with Gasteiger partial charge in [0.05, 0.1) is 11.6 Å². The number of nitrogens with one attached hydrogen (secondary N) is 1. The predicted octanol–water partition coefficient (Wildman–Crippen LogP) is 4.99. The average Bonchev–Trinajstić information content (AvgIpc) is 3.22. The van der Waals surface area contributed by atoms with Crippen LogP contribution in [-0.4, -0.2) is 36.4 Å². The van der Waals surface area contributed by atoms with E-state index in [1.807, 2.05) is 36.5 Å². The van der Waals surface area contributed by atoms with Crippen LogP contribution in [0, 0.1) is 0 Å². The van der Waals surface area contributed by atoms with Gasteiger partial charge in [-0.25, -0.2) is 4.98 Å². The van der Waals surface area contributed by atoms with Crippen LogP contribution in [0.15, 0.2) is 60.1 Å². The lowest BCUT2D eigenvalue weighted by molar-refractivity contribution is -0.137. The third-order valence-corrected chi connectivity index (χ3v) is 5.33. The SMILES string of the molecule is CN(C)C(CNC(=O)c1ccc(Oc2ccc(C(F)(F)F)cn2)cc1)c1cccs1. The third-order valence-electron chi connectivity index (χ3n) is 4.35. The van der Waals surface area contributed by atoms with Crippen LogP contribution in [0.25, 0.3) is 0 Å². The van der Waals surface area contributed by atoms with Crippen LogP contribution >= 0.6 is 11.3 Å². The van der Waals surface area contributed by atoms with E-state index in [1.54, 1.807) is 35.6 Å². The number of rotatable bonds is 7. The Hall–Kier alpha value is -2.91. The Morgan fingerprint density at radius 1 is 1.17 bits per heavy atom. The average molecular weight is 435 g/mol. The van der Waals surface area contributed by atoms with Crippen LogP contribution in [0.5, 0.6) is 11.6 Å². The van der Waals surface area contributed by atoms with Gasteiger partial charge in [0.15, 0.2) is 0 Å². The number of pyridine rings is 1. The molecule has 2 heterocycles. The summed E-state index contributed by atoms with van der Waals surface area (Å²) in [7, 11) is 3.91. The van der Waals surface area contributed by atoms with Gasteiger partial charge in [0.25, 0.3) is 5.91 Å². The standard InChI is InChI=1S/C21H20F3N3O2S/c1-27(2)17(18-4-3-11-30-18)13-26-20(28)14-5-8-16(9-6-14)29-19-10-7-15(12-25-19)21(22,23)24/h3-12,17H,13H2,1-2H3,(H,26,28). The molecule has 5 nitrogen and oxygen atoms in total. The Kier molecular flexibility index (Phi) is 6.73. The second kappa shape index (κ2) is 9.27. The first kappa shape index (κ1) is 21.8. The molecule has 30 heavy (non-hydrogen) atoms. The molecule has 0 saturated carbocycles. The molecule has 0 fully saturated rings. The number of alkyl halides is 3. The zero-order valence-corrected chi connectivity index (χ0v) is 17.1. The van der Waals surface area contributed by atoms with Gasteiger partial charge in [0, 0.05) is 29.2 Å². The van der Waals surface area contributed by atoms with Gasteiger partial charge < -0.3 is 15.0 Å². The number of aromatic nitrogens is 1. The number of carbonyl (C=O) groups is 1. The number of benzene rings is 1. The number of thiophene rings is 1. The fraction of sp³-hybridized carbons (Fsp3) is 0.238. The number of carbonyl (C=O) groups excluding carboxylic acids is 1. The molecule has 3 aromatic rings. The molecule has 1 amide bonds. The largest absolute Gasteiger partial charge is 0.439 e. The van der Waals surface area contributed by atoms with E-state index in [4.69, 9.17) is 4.74 Å². The van der Waals surface area contributed by atoms with Gasteiger partial charge in [-0.2, -0.15) is 13.2 Å². The van der Waals surface area contributed by atoms with Crippen molar-refractivity contribution < 1.29 is 22.7 Å². The van der Waals surface area contributed by atoms with Crippen molar-refractivity contribution in [2.45, 2.75) is 12.2 Å². The van der Waals surface area contributed by atoms with Gasteiger partial charge >= 0.3 is 6.18 Å². The molecule has 2 aromatic heterocycles. The van der Waals surface area contributed by atoms with Crippen LogP contribution in [0.3, 0.4) is 0 Å². The zero-order valence-electron chi connectivity index (χ0n) is 16.3. The van der Waals surface area contributed by atoms with E-state index in [9.17, 15) is 18.0 Å². The smallest absolute Gasteiger partial charge is 0.417 e. The molecule has 158 valence electrons. The lowest BCUT2D eigenvalue weighted by Gasteiger charge is -2.23. The van der Waals surface area contributed by atoms with Crippen molar-refractivity contribution in [2.75, 3.05) is 20.6 Å². The fourth-order valence-electron chi connectivity index (χ4n) is 2.71. The number of amides is 1. The van der Waals surface area contributed by atoms with E-state index in [0.717, 1.165) is 17.0 Å². The minimum atomic E-state index is -4.45. The number of likely N-dealkylation sites (N-methyl/N-ethyl adjacent to an activating group) is 1. The summed E-state index contributed by atoms with van der Waals surface area (Å²) < 4.78 is 43.2. The fourth-order valence-corrected chi connectivity index (χ4v) is 3.64. The summed E-state index contributed by atoms with van der Waals surface area (Å²) in [5, 5.41) is 4.92. The maximum Gasteiger partial charge on any atom is 0.417 e. The van der Waals surface area contributed by atoms with Gasteiger partial charge in [-0.3, -0.25) is 4.79 Å². The highest BCUT2D eigenvalue weighted by Crippen LogP contribution is 2.30. The van der Waals surface area contributed by atoms with Gasteiger partial charge in [-0.1, -0.05) is 6.07 Å². The summed E-state index contributed by atoms with van der Waals surface area (Å²) in [4.78, 5) is 19.3. The van der Waals surface area contributed by atoms with Gasteiger partial charge in [0.1, 0.15) is 5.75 Å². The van der Waals surface area contributed by atoms with E-state index in [0.29, 0.717) is 24.1 Å². The van der Waals surface area contributed by atoms with Crippen molar-refractivity contribution in [3.05, 3.63) is 76.1 Å². The Bertz CT molecular complexity index is 957. The highest BCUT2D eigenvalue weighted by molar-refractivity contribution is 7.10. The molecule has 0 bridgehead atoms. The number of halogens is 3. The highest BCUT2D eigenvalue weighted by atomic mass is 32.1. The quantitative estimate of drug-likeness (QED) is 0.568. The Morgan fingerprint density at radius 3 is 2.43 bits per heavy atom. The minimum absolute atomic E-state index is 0.0324. The lowest BCUT2D eigenvalue weighted by Crippen LogP contribution is -2.34. The summed E-state index contributed by atoms with van der Waals surface area (Å²) in [6.07, 6.45) is -3.73. The topological polar surface area (TPSA) is 54.5 Å². The molecule has 1 N–H and O–H groups in total. The van der Waals surface area contributed by atoms with Gasteiger partial charge in [-0.15, -0.1) is 11.3 Å². The molecular weight excluding hydrogens is 415 g/mol. The van der Waals surface area contributed by atoms with Crippen LogP contribution < -0.4 is 10.1 Å². The number of ether oxygens (including phenoxy) is 1. The Labute approximate surface area is 176 Å². The van der Waals surface area contributed by atoms with Crippen LogP contribution in [-0.2, 0) is 6.18 Å². The van der Waals surface area contributed by atoms with Crippen LogP contribution in [0.4, 0.5) is 13.2 Å². The molecule has 0 radical (unpaired) electrons. The van der Waals surface area contributed by atoms with E-state index in [-0.39, 0.29) is 17.8 Å². The first-order valence-electron chi connectivity index (χ1n) is 9.03. The molecule has 3 rings (SSSR count). The Balaban J connectivity index is 1.59. The number of hydrogen-bond acceptors (Lipinski definition) is 5. The molecule has 9 heteroatoms. The Morgan fingerprint density at radius 2 is 1.90 bits per heavy atom. The maximum atomic E-state index is 12.6. The van der Waals surface area contributed by atoms with Crippen molar-refractivity contribution in [1.82, 2.24) is 15.2 Å². The molecule has 0 aliphatic heterocycles. The number of nitrogens with zero attached hydrogens (tertiary/aromatic N) is 2. The molecule has 0 aliphatic carbocycles. The highest BCUT2D eigenvalue weighted by Gasteiger charge is 2.30. The van der Waals surface area contributed by atoms with E-state index in [1.165, 1.54) is 0 Å². The second-order valence-electron chi connectivity index (χ2n) is 6.71. The van der Waals surface area contributed by atoms with Gasteiger partial charge in [0.2, 0.25) is 5.88 Å². The lowest BCUT2D eigenvalue weighted by atomic mass is 10.2. The molecule has 0 aliphatic rings. The minimum Gasteiger partial charge on any atom is -0.439 e. The maximum absolute atomic E-state index is 12.6. The predicted molar refractivity (Wildman–Crippen MR) is 109 cm³/mol. The molecule has 1 unspecified atom stereocenters. The second-order valence-corrected chi connectivity index (χ2v) is 7.69. The molecular formula is C21H20F3N3O2S. The van der Waals surface area contributed by atoms with E-state index < -0.39 is 11.7 Å². The summed E-state index contributed by atoms with van der Waals surface area (Å²) in [5.74, 6) is 0.172. The number of hydrogen-bond donors (Lipinski definition) is 1. The van der Waals surface area contributed by atoms with Gasteiger partial charge in [-0.05, 0) is 55.9 Å². The molecule has 1 aromatic carbocycles. The van der Waals surface area contributed by atoms with Crippen molar-refractivity contribution in [3.8, 4) is 11.6 Å². The summed E-state index contributed by atoms with van der Waals surface area (Å²) in [6, 6.07) is 12.4. The van der Waals surface area contributed by atoms with Crippen LogP contribution in [0.1, 0.15) is 26.8 Å². The van der Waals surface area contributed by atoms with E-state index >= 15 is 0 Å². The van der Waals surface area contributed by atoms with Crippen LogP contribution in [0.2, 0.25) is 0 Å². The summed E-state index contributed by atoms with van der Waals surface area (Å²) >= 11 is 1.63. The zero-order chi connectivity index (χ0) is 21.7.